The summed E-state index contributed by atoms with van der Waals surface area (Å²) in [5.74, 6) is 0. The molecule has 0 aromatic rings. The normalized spacial score (nSPS) is 15.5. The van der Waals surface area contributed by atoms with Crippen LogP contribution in [0.15, 0.2) is 0 Å². The van der Waals surface area contributed by atoms with Crippen molar-refractivity contribution >= 4 is 38.6 Å². The molecule has 0 nitrogen and oxygen atoms in total. The van der Waals surface area contributed by atoms with Gasteiger partial charge in [-0.25, -0.2) is 0 Å². The standard InChI is InChI=1S/H3I3P/c1-2-3-4/h2H,4H2/q-1/i2D. The molecule has 4 heavy (non-hydrogen) atoms. The van der Waals surface area contributed by atoms with Gasteiger partial charge in [0.25, 0.3) is 0 Å². The zero-order chi connectivity index (χ0) is 4.28. The summed E-state index contributed by atoms with van der Waals surface area (Å²) in [7, 11) is 0. The van der Waals surface area contributed by atoms with E-state index >= 15 is 0 Å². The molecule has 0 aliphatic rings. The van der Waals surface area contributed by atoms with Crippen LogP contribution in [0.5, 0.6) is 0 Å². The van der Waals surface area contributed by atoms with E-state index in [1.54, 1.807) is 0 Å². The number of hydrogen-bond donors (Lipinski definition) is 0. The molecule has 0 aliphatic carbocycles. The molecule has 0 aromatic heterocycles. The van der Waals surface area contributed by atoms with Crippen LogP contribution in [0.1, 0.15) is 0 Å². The van der Waals surface area contributed by atoms with Crippen molar-refractivity contribution in [3.05, 3.63) is 0 Å². The Morgan fingerprint density at radius 3 is 2.75 bits per heavy atom. The first kappa shape index (κ1) is 4.77. The molecule has 1 unspecified atom stereocenters. The van der Waals surface area contributed by atoms with E-state index < -0.39 is 13.1 Å². The average Bonchev–Trinajstić information content (AvgIpc) is 1.38. The molecule has 0 aliphatic heterocycles. The summed E-state index contributed by atoms with van der Waals surface area (Å²) in [6.07, 6.45) is 0. The summed E-state index contributed by atoms with van der Waals surface area (Å²) >= 11 is 1.54. The third-order valence-corrected chi connectivity index (χ3v) is 28.2. The van der Waals surface area contributed by atoms with Gasteiger partial charge in [-0.3, -0.25) is 0 Å². The predicted octanol–water partition coefficient (Wildman–Crippen LogP) is -1.17. The second-order valence-electron chi connectivity index (χ2n) is 0.136. The Labute approximate surface area is 54.6 Å². The van der Waals surface area contributed by atoms with Crippen LogP contribution in [0.4, 0.5) is 0 Å². The van der Waals surface area contributed by atoms with Crippen LogP contribution in [0.3, 0.4) is 0 Å². The van der Waals surface area contributed by atoms with Gasteiger partial charge >= 0.3 is 55.8 Å². The van der Waals surface area contributed by atoms with Crippen LogP contribution >= 0.6 is 38.6 Å². The Morgan fingerprint density at radius 1 is 2.50 bits per heavy atom. The third kappa shape index (κ3) is 4.62. The summed E-state index contributed by atoms with van der Waals surface area (Å²) in [5, 5.41) is 0. The summed E-state index contributed by atoms with van der Waals surface area (Å²) in [6.45, 7) is 2.68. The molecule has 0 amide bonds. The van der Waals surface area contributed by atoms with Gasteiger partial charge < -0.3 is 0 Å². The molecule has 0 bridgehead atoms. The van der Waals surface area contributed by atoms with Gasteiger partial charge in [-0.15, -0.1) is 0 Å². The summed E-state index contributed by atoms with van der Waals surface area (Å²) in [6, 6.07) is 0. The first-order valence-corrected chi connectivity index (χ1v) is 17.2. The van der Waals surface area contributed by atoms with Gasteiger partial charge in [-0.1, -0.05) is 0 Å². The van der Waals surface area contributed by atoms with E-state index in [0.717, 1.165) is 0 Å². The van der Waals surface area contributed by atoms with Crippen molar-refractivity contribution in [1.82, 2.24) is 0 Å². The fraction of sp³-hybridized carbons (Fsp3) is 0. The zero-order valence-corrected chi connectivity index (χ0v) is 9.34. The minimum absolute atomic E-state index is 0.274. The fourth-order valence-electron chi connectivity index (χ4n) is 0. The van der Waals surface area contributed by atoms with Crippen LogP contribution in [0.2, 0.25) is 0 Å². The van der Waals surface area contributed by atoms with Gasteiger partial charge in [0.2, 0.25) is 0 Å². The molecule has 0 saturated heterocycles. The Bertz CT molecular complexity index is 20.9. The maximum atomic E-state index is 7.00. The van der Waals surface area contributed by atoms with Gasteiger partial charge in [0, 0.05) is 0 Å². The zero-order valence-electron chi connectivity index (χ0n) is 2.71. The predicted molar refractivity (Wildman–Crippen MR) is 39.1 cm³/mol. The second-order valence-corrected chi connectivity index (χ2v) is 27.4. The molecular weight excluding hydrogens is 412 g/mol. The van der Waals surface area contributed by atoms with Gasteiger partial charge in [0.1, 0.15) is 0 Å². The maximum absolute atomic E-state index is 7.00. The molecule has 0 fully saturated rings. The van der Waals surface area contributed by atoms with Gasteiger partial charge in [0.05, 0.1) is 0 Å². The number of hydrogen-bond acceptors (Lipinski definition) is 0. The number of rotatable bonds is 1. The van der Waals surface area contributed by atoms with Crippen molar-refractivity contribution in [2.75, 3.05) is 0 Å². The Hall–Kier alpha value is 2.62. The van der Waals surface area contributed by atoms with Crippen molar-refractivity contribution in [3.63, 3.8) is 0 Å². The van der Waals surface area contributed by atoms with Crippen LogP contribution in [-0.2, 0) is 0 Å². The van der Waals surface area contributed by atoms with Crippen molar-refractivity contribution in [1.29, 1.82) is 0.594 Å². The Balaban J connectivity index is 2.54. The van der Waals surface area contributed by atoms with Crippen molar-refractivity contribution < 1.29 is 16.7 Å². The average molecular weight is 416 g/mol. The molecule has 0 rings (SSSR count). The quantitative estimate of drug-likeness (QED) is 0.374. The van der Waals surface area contributed by atoms with E-state index in [-0.39, 0.29) is 16.7 Å². The summed E-state index contributed by atoms with van der Waals surface area (Å²) in [5.41, 5.74) is 0. The van der Waals surface area contributed by atoms with Crippen LogP contribution in [-0.4, -0.2) is 0.594 Å². The molecule has 0 radical (unpaired) electrons. The molecule has 30 valence electrons. The van der Waals surface area contributed by atoms with E-state index in [9.17, 15) is 0 Å². The molecule has 0 spiro atoms. The molecular formula is H3I3P-. The van der Waals surface area contributed by atoms with Crippen LogP contribution in [0, 0.1) is 0 Å². The van der Waals surface area contributed by atoms with E-state index in [2.05, 4.69) is 25.5 Å². The van der Waals surface area contributed by atoms with Crippen LogP contribution < -0.4 is 16.7 Å². The van der Waals surface area contributed by atoms with Crippen molar-refractivity contribution in [3.8, 4) is 0 Å². The number of halogens is 3. The Kier molecular flexibility index (Phi) is 6.70. The van der Waals surface area contributed by atoms with Crippen molar-refractivity contribution in [2.45, 2.75) is 0 Å². The van der Waals surface area contributed by atoms with E-state index in [0.29, 0.717) is 0 Å². The molecule has 0 heterocycles. The third-order valence-electron chi connectivity index (χ3n) is 0.0312. The molecule has 1 atom stereocenters. The van der Waals surface area contributed by atoms with Gasteiger partial charge in [0.15, 0.2) is 0 Å². The van der Waals surface area contributed by atoms with E-state index in [1.807, 2.05) is 0 Å². The first-order valence-electron chi connectivity index (χ1n) is 0.882. The fourth-order valence-corrected chi connectivity index (χ4v) is 0. The Morgan fingerprint density at radius 2 is 2.75 bits per heavy atom. The van der Waals surface area contributed by atoms with Crippen LogP contribution in [0.25, 0.3) is 0 Å². The monoisotopic (exact) mass is 416 g/mol. The van der Waals surface area contributed by atoms with E-state index in [1.165, 1.54) is 0 Å². The van der Waals surface area contributed by atoms with Gasteiger partial charge in [-0.05, 0) is 0 Å². The molecule has 0 aromatic carbocycles. The van der Waals surface area contributed by atoms with E-state index in [4.69, 9.17) is 0.594 Å². The summed E-state index contributed by atoms with van der Waals surface area (Å²) in [4.78, 5) is 0. The second kappa shape index (κ2) is 5.62. The minimum atomic E-state index is -0.989. The van der Waals surface area contributed by atoms with Crippen molar-refractivity contribution in [2.24, 2.45) is 0 Å². The van der Waals surface area contributed by atoms with Gasteiger partial charge in [-0.2, -0.15) is 0 Å². The first-order chi connectivity index (χ1) is 2.27. The SMILES string of the molecule is [2H]I(I)[I-]P. The molecule has 4 heteroatoms. The summed E-state index contributed by atoms with van der Waals surface area (Å²) < 4.78 is 7.00. The topological polar surface area (TPSA) is 0 Å². The molecule has 0 N–H and O–H groups in total. The molecule has 0 saturated carbocycles.